The summed E-state index contributed by atoms with van der Waals surface area (Å²) in [4.78, 5) is 11.7. The Bertz CT molecular complexity index is 504. The highest BCUT2D eigenvalue weighted by Crippen LogP contribution is 2.25. The van der Waals surface area contributed by atoms with Gasteiger partial charge in [0.1, 0.15) is 0 Å². The third kappa shape index (κ3) is 4.67. The first-order valence-electron chi connectivity index (χ1n) is 6.82. The highest BCUT2D eigenvalue weighted by molar-refractivity contribution is 5.89. The van der Waals surface area contributed by atoms with Crippen molar-refractivity contribution >= 4 is 11.7 Å². The summed E-state index contributed by atoms with van der Waals surface area (Å²) in [5, 5.41) is 14.9. The molecular weight excluding hydrogens is 278 g/mol. The first-order valence-corrected chi connectivity index (χ1v) is 6.82. The molecule has 6 heteroatoms. The molecule has 0 aromatic heterocycles. The average Bonchev–Trinajstić information content (AvgIpc) is 2.41. The second-order valence-electron chi connectivity index (χ2n) is 6.09. The summed E-state index contributed by atoms with van der Waals surface area (Å²) in [6, 6.07) is 2.90. The van der Waals surface area contributed by atoms with E-state index >= 15 is 0 Å². The molecule has 0 aliphatic rings. The van der Waals surface area contributed by atoms with Crippen molar-refractivity contribution in [1.82, 2.24) is 5.32 Å². The molecule has 1 aromatic rings. The molecule has 0 bridgehead atoms. The summed E-state index contributed by atoms with van der Waals surface area (Å²) < 4.78 is 26.4. The van der Waals surface area contributed by atoms with Gasteiger partial charge in [-0.05, 0) is 18.1 Å². The summed E-state index contributed by atoms with van der Waals surface area (Å²) in [5.41, 5.74) is -0.763. The zero-order valence-electron chi connectivity index (χ0n) is 12.7. The highest BCUT2D eigenvalue weighted by atomic mass is 19.2. The molecule has 4 nitrogen and oxygen atoms in total. The standard InChI is InChI=1S/C15H22F2N2O2/c1-9(2)13(20)15(3,4)8-18-14(21)19-11-7-5-6-10(16)12(11)17/h5-7,9,13,20H,8H2,1-4H3,(H2,18,19,21). The number of amides is 2. The van der Waals surface area contributed by atoms with E-state index in [-0.39, 0.29) is 18.2 Å². The smallest absolute Gasteiger partial charge is 0.319 e. The number of anilines is 1. The van der Waals surface area contributed by atoms with Crippen molar-refractivity contribution in [3.8, 4) is 0 Å². The molecule has 1 aromatic carbocycles. The third-order valence-corrected chi connectivity index (χ3v) is 3.34. The van der Waals surface area contributed by atoms with Crippen molar-refractivity contribution < 1.29 is 18.7 Å². The topological polar surface area (TPSA) is 61.4 Å². The molecule has 0 aliphatic heterocycles. The van der Waals surface area contributed by atoms with Crippen LogP contribution in [0.3, 0.4) is 0 Å². The van der Waals surface area contributed by atoms with Gasteiger partial charge in [-0.2, -0.15) is 0 Å². The van der Waals surface area contributed by atoms with Gasteiger partial charge in [-0.25, -0.2) is 13.6 Å². The molecule has 0 saturated heterocycles. The van der Waals surface area contributed by atoms with Gasteiger partial charge < -0.3 is 15.7 Å². The highest BCUT2D eigenvalue weighted by Gasteiger charge is 2.30. The molecule has 21 heavy (non-hydrogen) atoms. The minimum Gasteiger partial charge on any atom is -0.392 e. The molecule has 3 N–H and O–H groups in total. The van der Waals surface area contributed by atoms with Gasteiger partial charge in [-0.3, -0.25) is 0 Å². The van der Waals surface area contributed by atoms with E-state index in [1.807, 2.05) is 27.7 Å². The van der Waals surface area contributed by atoms with Crippen molar-refractivity contribution in [2.24, 2.45) is 11.3 Å². The molecule has 1 unspecified atom stereocenters. The maximum Gasteiger partial charge on any atom is 0.319 e. The number of rotatable bonds is 5. The van der Waals surface area contributed by atoms with E-state index in [1.165, 1.54) is 12.1 Å². The Hall–Kier alpha value is -1.69. The van der Waals surface area contributed by atoms with E-state index in [4.69, 9.17) is 0 Å². The number of hydrogen-bond donors (Lipinski definition) is 3. The van der Waals surface area contributed by atoms with Crippen LogP contribution in [0.1, 0.15) is 27.7 Å². The van der Waals surface area contributed by atoms with Crippen LogP contribution < -0.4 is 10.6 Å². The quantitative estimate of drug-likeness (QED) is 0.782. The Morgan fingerprint density at radius 3 is 2.52 bits per heavy atom. The van der Waals surface area contributed by atoms with Crippen LogP contribution in [0.25, 0.3) is 0 Å². The number of urea groups is 1. The Labute approximate surface area is 123 Å². The van der Waals surface area contributed by atoms with E-state index in [0.717, 1.165) is 6.07 Å². The maximum absolute atomic E-state index is 13.4. The lowest BCUT2D eigenvalue weighted by atomic mass is 9.81. The van der Waals surface area contributed by atoms with Crippen LogP contribution in [-0.4, -0.2) is 23.8 Å². The van der Waals surface area contributed by atoms with E-state index in [9.17, 15) is 18.7 Å². The van der Waals surface area contributed by atoms with Crippen LogP contribution >= 0.6 is 0 Å². The normalized spacial score (nSPS) is 13.1. The second kappa shape index (κ2) is 6.85. The van der Waals surface area contributed by atoms with Crippen LogP contribution in [0.5, 0.6) is 0 Å². The third-order valence-electron chi connectivity index (χ3n) is 3.34. The summed E-state index contributed by atoms with van der Waals surface area (Å²) in [5.74, 6) is -2.08. The fourth-order valence-electron chi connectivity index (χ4n) is 2.08. The molecular formula is C15H22F2N2O2. The minimum atomic E-state index is -1.10. The number of nitrogens with one attached hydrogen (secondary N) is 2. The van der Waals surface area contributed by atoms with Gasteiger partial charge in [0.15, 0.2) is 11.6 Å². The number of aliphatic hydroxyl groups excluding tert-OH is 1. The van der Waals surface area contributed by atoms with Crippen molar-refractivity contribution in [3.05, 3.63) is 29.8 Å². The first kappa shape index (κ1) is 17.4. The van der Waals surface area contributed by atoms with Gasteiger partial charge >= 0.3 is 6.03 Å². The Balaban J connectivity index is 2.61. The fourth-order valence-corrected chi connectivity index (χ4v) is 2.08. The van der Waals surface area contributed by atoms with Crippen LogP contribution in [0.2, 0.25) is 0 Å². The summed E-state index contributed by atoms with van der Waals surface area (Å²) in [6.07, 6.45) is -0.594. The van der Waals surface area contributed by atoms with Crippen LogP contribution in [-0.2, 0) is 0 Å². The van der Waals surface area contributed by atoms with Crippen molar-refractivity contribution in [1.29, 1.82) is 0 Å². The minimum absolute atomic E-state index is 0.0468. The predicted molar refractivity (Wildman–Crippen MR) is 78.0 cm³/mol. The number of aliphatic hydroxyl groups is 1. The number of carbonyl (C=O) groups excluding carboxylic acids is 1. The van der Waals surface area contributed by atoms with E-state index < -0.39 is 29.2 Å². The molecule has 118 valence electrons. The van der Waals surface area contributed by atoms with Crippen molar-refractivity contribution in [3.63, 3.8) is 0 Å². The number of carbonyl (C=O) groups is 1. The monoisotopic (exact) mass is 300 g/mol. The van der Waals surface area contributed by atoms with Gasteiger partial charge in [-0.15, -0.1) is 0 Å². The SMILES string of the molecule is CC(C)C(O)C(C)(C)CNC(=O)Nc1cccc(F)c1F. The van der Waals surface area contributed by atoms with Crippen molar-refractivity contribution in [2.45, 2.75) is 33.8 Å². The number of hydrogen-bond acceptors (Lipinski definition) is 2. The van der Waals surface area contributed by atoms with Crippen LogP contribution in [0.4, 0.5) is 19.3 Å². The van der Waals surface area contributed by atoms with Gasteiger partial charge in [0.05, 0.1) is 11.8 Å². The van der Waals surface area contributed by atoms with E-state index in [0.29, 0.717) is 0 Å². The van der Waals surface area contributed by atoms with Crippen LogP contribution in [0, 0.1) is 23.0 Å². The van der Waals surface area contributed by atoms with Gasteiger partial charge in [0, 0.05) is 12.0 Å². The zero-order chi connectivity index (χ0) is 16.2. The molecule has 1 rings (SSSR count). The lowest BCUT2D eigenvalue weighted by Gasteiger charge is -2.33. The predicted octanol–water partition coefficient (Wildman–Crippen LogP) is 3.13. The molecule has 0 fully saturated rings. The fraction of sp³-hybridized carbons (Fsp3) is 0.533. The molecule has 1 atom stereocenters. The zero-order valence-corrected chi connectivity index (χ0v) is 12.7. The Kier molecular flexibility index (Phi) is 5.66. The largest absolute Gasteiger partial charge is 0.392 e. The molecule has 0 saturated carbocycles. The summed E-state index contributed by atoms with van der Waals surface area (Å²) in [7, 11) is 0. The number of benzene rings is 1. The van der Waals surface area contributed by atoms with Crippen molar-refractivity contribution in [2.75, 3.05) is 11.9 Å². The van der Waals surface area contributed by atoms with Gasteiger partial charge in [0.25, 0.3) is 0 Å². The Morgan fingerprint density at radius 2 is 1.95 bits per heavy atom. The first-order chi connectivity index (χ1) is 9.65. The second-order valence-corrected chi connectivity index (χ2v) is 6.09. The summed E-state index contributed by atoms with van der Waals surface area (Å²) >= 11 is 0. The lowest BCUT2D eigenvalue weighted by molar-refractivity contribution is 0.0154. The number of halogens is 2. The molecule has 2 amide bonds. The van der Waals surface area contributed by atoms with Crippen LogP contribution in [0.15, 0.2) is 18.2 Å². The molecule has 0 aliphatic carbocycles. The maximum atomic E-state index is 13.4. The van der Waals surface area contributed by atoms with Gasteiger partial charge in [-0.1, -0.05) is 33.8 Å². The van der Waals surface area contributed by atoms with E-state index in [1.54, 1.807) is 0 Å². The van der Waals surface area contributed by atoms with E-state index in [2.05, 4.69) is 10.6 Å². The Morgan fingerprint density at radius 1 is 1.33 bits per heavy atom. The molecule has 0 spiro atoms. The molecule has 0 radical (unpaired) electrons. The molecule has 0 heterocycles. The average molecular weight is 300 g/mol. The lowest BCUT2D eigenvalue weighted by Crippen LogP contribution is -2.44. The summed E-state index contributed by atoms with van der Waals surface area (Å²) in [6.45, 7) is 7.61. The van der Waals surface area contributed by atoms with Gasteiger partial charge in [0.2, 0.25) is 0 Å².